The minimum atomic E-state index is -0.149. The number of carbonyl (C=O) groups is 2. The fourth-order valence-corrected chi connectivity index (χ4v) is 3.28. The molecule has 19 heavy (non-hydrogen) atoms. The molecule has 1 saturated heterocycles. The molecule has 0 bridgehead atoms. The molecule has 6 heteroatoms. The number of nitrogens with one attached hydrogen (secondary N) is 1. The zero-order chi connectivity index (χ0) is 14.0. The van der Waals surface area contributed by atoms with Crippen LogP contribution in [0.15, 0.2) is 12.1 Å². The summed E-state index contributed by atoms with van der Waals surface area (Å²) in [6.45, 7) is 4.16. The van der Waals surface area contributed by atoms with E-state index in [-0.39, 0.29) is 24.5 Å². The Morgan fingerprint density at radius 3 is 2.89 bits per heavy atom. The van der Waals surface area contributed by atoms with Crippen molar-refractivity contribution in [2.45, 2.75) is 26.3 Å². The second-order valence-corrected chi connectivity index (χ2v) is 5.94. The van der Waals surface area contributed by atoms with Crippen LogP contribution in [0.4, 0.5) is 5.00 Å². The van der Waals surface area contributed by atoms with Gasteiger partial charge in [0.15, 0.2) is 0 Å². The molecule has 5 nitrogen and oxygen atoms in total. The second kappa shape index (κ2) is 5.71. The number of aliphatic hydroxyl groups is 1. The Balaban J connectivity index is 2.11. The lowest BCUT2D eigenvalue weighted by atomic mass is 10.0. The average Bonchev–Trinajstić information content (AvgIpc) is 2.94. The number of carbonyl (C=O) groups excluding carboxylic acids is 2. The average molecular weight is 282 g/mol. The third-order valence-corrected chi connectivity index (χ3v) is 4.44. The zero-order valence-electron chi connectivity index (χ0n) is 11.0. The van der Waals surface area contributed by atoms with E-state index in [1.54, 1.807) is 17.0 Å². The van der Waals surface area contributed by atoms with Gasteiger partial charge in [0, 0.05) is 13.5 Å². The predicted molar refractivity (Wildman–Crippen MR) is 74.3 cm³/mol. The molecule has 1 aliphatic rings. The molecule has 0 saturated carbocycles. The standard InChI is InChI=1S/C13H18N2O3S/c1-8-5-6-15(10(8)7-16)13(18)11-3-4-12(19-11)14-9(2)17/h3-4,8,10,16H,5-7H2,1-2H3,(H,14,17). The highest BCUT2D eigenvalue weighted by Crippen LogP contribution is 2.29. The van der Waals surface area contributed by atoms with E-state index in [4.69, 9.17) is 0 Å². The minimum Gasteiger partial charge on any atom is -0.394 e. The van der Waals surface area contributed by atoms with Gasteiger partial charge >= 0.3 is 0 Å². The van der Waals surface area contributed by atoms with E-state index in [0.29, 0.717) is 22.3 Å². The summed E-state index contributed by atoms with van der Waals surface area (Å²) in [6.07, 6.45) is 0.918. The van der Waals surface area contributed by atoms with Gasteiger partial charge < -0.3 is 15.3 Å². The molecule has 1 aromatic heterocycles. The number of hydrogen-bond acceptors (Lipinski definition) is 4. The summed E-state index contributed by atoms with van der Waals surface area (Å²) in [6, 6.07) is 3.35. The first kappa shape index (κ1) is 14.0. The molecule has 0 spiro atoms. The van der Waals surface area contributed by atoms with E-state index in [9.17, 15) is 14.7 Å². The monoisotopic (exact) mass is 282 g/mol. The number of nitrogens with zero attached hydrogens (tertiary/aromatic N) is 1. The number of amides is 2. The molecule has 0 aromatic carbocycles. The molecule has 2 N–H and O–H groups in total. The normalized spacial score (nSPS) is 22.6. The number of aliphatic hydroxyl groups excluding tert-OH is 1. The first-order chi connectivity index (χ1) is 9.02. The SMILES string of the molecule is CC(=O)Nc1ccc(C(=O)N2CCC(C)C2CO)s1. The molecule has 1 aromatic rings. The highest BCUT2D eigenvalue weighted by Gasteiger charge is 2.34. The second-order valence-electron chi connectivity index (χ2n) is 4.86. The predicted octanol–water partition coefficient (Wildman–Crippen LogP) is 1.55. The van der Waals surface area contributed by atoms with Crippen LogP contribution < -0.4 is 5.32 Å². The fraction of sp³-hybridized carbons (Fsp3) is 0.538. The van der Waals surface area contributed by atoms with Crippen molar-refractivity contribution >= 4 is 28.2 Å². The van der Waals surface area contributed by atoms with Gasteiger partial charge in [0.2, 0.25) is 5.91 Å². The van der Waals surface area contributed by atoms with Crippen molar-refractivity contribution in [2.75, 3.05) is 18.5 Å². The van der Waals surface area contributed by atoms with Crippen molar-refractivity contribution in [2.24, 2.45) is 5.92 Å². The summed E-state index contributed by atoms with van der Waals surface area (Å²) in [5.74, 6) is 0.109. The van der Waals surface area contributed by atoms with Crippen molar-refractivity contribution in [3.8, 4) is 0 Å². The molecular formula is C13H18N2O3S. The fourth-order valence-electron chi connectivity index (χ4n) is 2.37. The van der Waals surface area contributed by atoms with E-state index < -0.39 is 0 Å². The quantitative estimate of drug-likeness (QED) is 0.883. The molecule has 0 aliphatic carbocycles. The third kappa shape index (κ3) is 2.96. The van der Waals surface area contributed by atoms with Gasteiger partial charge in [-0.15, -0.1) is 11.3 Å². The van der Waals surface area contributed by atoms with Crippen LogP contribution in [-0.2, 0) is 4.79 Å². The number of likely N-dealkylation sites (tertiary alicyclic amines) is 1. The van der Waals surface area contributed by atoms with Crippen LogP contribution in [0.5, 0.6) is 0 Å². The van der Waals surface area contributed by atoms with Crippen molar-refractivity contribution in [3.63, 3.8) is 0 Å². The number of rotatable bonds is 3. The van der Waals surface area contributed by atoms with Gasteiger partial charge in [0.1, 0.15) is 0 Å². The Kier molecular flexibility index (Phi) is 4.21. The van der Waals surface area contributed by atoms with Crippen molar-refractivity contribution in [1.29, 1.82) is 0 Å². The van der Waals surface area contributed by atoms with E-state index >= 15 is 0 Å². The van der Waals surface area contributed by atoms with E-state index in [0.717, 1.165) is 6.42 Å². The van der Waals surface area contributed by atoms with Gasteiger partial charge in [-0.1, -0.05) is 6.92 Å². The molecular weight excluding hydrogens is 264 g/mol. The Hall–Kier alpha value is -1.40. The van der Waals surface area contributed by atoms with Crippen molar-refractivity contribution in [3.05, 3.63) is 17.0 Å². The van der Waals surface area contributed by atoms with Gasteiger partial charge in [-0.2, -0.15) is 0 Å². The van der Waals surface area contributed by atoms with Crippen LogP contribution >= 0.6 is 11.3 Å². The molecule has 2 rings (SSSR count). The largest absolute Gasteiger partial charge is 0.394 e. The smallest absolute Gasteiger partial charge is 0.264 e. The Labute approximate surface area is 116 Å². The summed E-state index contributed by atoms with van der Waals surface area (Å²) in [4.78, 5) is 25.7. The van der Waals surface area contributed by atoms with Gasteiger partial charge in [-0.05, 0) is 24.5 Å². The molecule has 104 valence electrons. The lowest BCUT2D eigenvalue weighted by molar-refractivity contribution is -0.114. The highest BCUT2D eigenvalue weighted by atomic mass is 32.1. The summed E-state index contributed by atoms with van der Waals surface area (Å²) in [5.41, 5.74) is 0. The maximum atomic E-state index is 12.4. The highest BCUT2D eigenvalue weighted by molar-refractivity contribution is 7.18. The van der Waals surface area contributed by atoms with Crippen LogP contribution in [0.25, 0.3) is 0 Å². The molecule has 2 unspecified atom stereocenters. The van der Waals surface area contributed by atoms with Crippen LogP contribution in [0, 0.1) is 5.92 Å². The molecule has 2 heterocycles. The maximum Gasteiger partial charge on any atom is 0.264 e. The van der Waals surface area contributed by atoms with E-state index in [2.05, 4.69) is 5.32 Å². The van der Waals surface area contributed by atoms with E-state index in [1.165, 1.54) is 18.3 Å². The van der Waals surface area contributed by atoms with Crippen LogP contribution in [0.1, 0.15) is 29.9 Å². The molecule has 2 amide bonds. The third-order valence-electron chi connectivity index (χ3n) is 3.45. The lowest BCUT2D eigenvalue weighted by Gasteiger charge is -2.24. The van der Waals surface area contributed by atoms with Gasteiger partial charge in [0.05, 0.1) is 22.5 Å². The number of anilines is 1. The van der Waals surface area contributed by atoms with Crippen molar-refractivity contribution in [1.82, 2.24) is 4.90 Å². The lowest BCUT2D eigenvalue weighted by Crippen LogP contribution is -2.39. The van der Waals surface area contributed by atoms with Crippen LogP contribution in [0.3, 0.4) is 0 Å². The zero-order valence-corrected chi connectivity index (χ0v) is 11.9. The van der Waals surface area contributed by atoms with Crippen LogP contribution in [0.2, 0.25) is 0 Å². The summed E-state index contributed by atoms with van der Waals surface area (Å²) < 4.78 is 0. The van der Waals surface area contributed by atoms with Gasteiger partial charge in [-0.25, -0.2) is 0 Å². The summed E-state index contributed by atoms with van der Waals surface area (Å²) in [7, 11) is 0. The topological polar surface area (TPSA) is 69.6 Å². The number of hydrogen-bond donors (Lipinski definition) is 2. The summed E-state index contributed by atoms with van der Waals surface area (Å²) >= 11 is 1.27. The van der Waals surface area contributed by atoms with E-state index in [1.807, 2.05) is 6.92 Å². The first-order valence-electron chi connectivity index (χ1n) is 6.32. The minimum absolute atomic E-state index is 0.00314. The maximum absolute atomic E-state index is 12.4. The Morgan fingerprint density at radius 1 is 1.53 bits per heavy atom. The molecule has 2 atom stereocenters. The Morgan fingerprint density at radius 2 is 2.26 bits per heavy atom. The Bertz CT molecular complexity index is 486. The molecule has 1 fully saturated rings. The number of thiophene rings is 1. The van der Waals surface area contributed by atoms with Gasteiger partial charge in [-0.3, -0.25) is 9.59 Å². The van der Waals surface area contributed by atoms with Crippen molar-refractivity contribution < 1.29 is 14.7 Å². The van der Waals surface area contributed by atoms with Gasteiger partial charge in [0.25, 0.3) is 5.91 Å². The molecule has 0 radical (unpaired) electrons. The van der Waals surface area contributed by atoms with Crippen LogP contribution in [-0.4, -0.2) is 41.0 Å². The first-order valence-corrected chi connectivity index (χ1v) is 7.14. The summed E-state index contributed by atoms with van der Waals surface area (Å²) in [5, 5.41) is 12.7. The molecule has 1 aliphatic heterocycles.